The highest BCUT2D eigenvalue weighted by atomic mass is 32.2. The van der Waals surface area contributed by atoms with Gasteiger partial charge in [0.25, 0.3) is 0 Å². The Bertz CT molecular complexity index is 149. The maximum Gasteiger partial charge on any atom is 0.343 e. The molecule has 2 atom stereocenters. The molecule has 1 rings (SSSR count). The van der Waals surface area contributed by atoms with Crippen molar-refractivity contribution in [3.63, 3.8) is 0 Å². The van der Waals surface area contributed by atoms with E-state index < -0.39 is 11.4 Å². The molecular weight excluding hydrogens is 164 g/mol. The minimum atomic E-state index is -0.853. The van der Waals surface area contributed by atoms with Crippen LogP contribution in [0.25, 0.3) is 0 Å². The van der Waals surface area contributed by atoms with Gasteiger partial charge < -0.3 is 9.84 Å². The first kappa shape index (κ1) is 8.87. The highest BCUT2D eigenvalue weighted by molar-refractivity contribution is 8.00. The quantitative estimate of drug-likeness (QED) is 0.704. The van der Waals surface area contributed by atoms with Crippen LogP contribution in [0, 0.1) is 0 Å². The normalized spacial score (nSPS) is 30.6. The van der Waals surface area contributed by atoms with E-state index in [1.54, 1.807) is 0 Å². The molecule has 0 bridgehead atoms. The van der Waals surface area contributed by atoms with Crippen LogP contribution < -0.4 is 0 Å². The zero-order valence-corrected chi connectivity index (χ0v) is 7.26. The van der Waals surface area contributed by atoms with Crippen LogP contribution in [0.15, 0.2) is 0 Å². The molecule has 0 aliphatic carbocycles. The number of aliphatic carboxylic acids is 1. The van der Waals surface area contributed by atoms with Gasteiger partial charge >= 0.3 is 5.97 Å². The molecular formula is C7H12O3S. The van der Waals surface area contributed by atoms with E-state index in [4.69, 9.17) is 9.84 Å². The predicted molar refractivity (Wildman–Crippen MR) is 43.7 cm³/mol. The second kappa shape index (κ2) is 3.97. The first-order valence-electron chi connectivity index (χ1n) is 3.74. The van der Waals surface area contributed by atoms with Crippen molar-refractivity contribution in [1.29, 1.82) is 0 Å². The van der Waals surface area contributed by atoms with E-state index >= 15 is 0 Å². The maximum atomic E-state index is 10.4. The second-order valence-corrected chi connectivity index (χ2v) is 3.65. The zero-order chi connectivity index (χ0) is 8.27. The lowest BCUT2D eigenvalue weighted by Gasteiger charge is -2.07. The lowest BCUT2D eigenvalue weighted by Crippen LogP contribution is -2.18. The van der Waals surface area contributed by atoms with Crippen LogP contribution in [0.1, 0.15) is 19.8 Å². The monoisotopic (exact) mass is 176 g/mol. The van der Waals surface area contributed by atoms with Crippen molar-refractivity contribution in [2.75, 3.05) is 5.75 Å². The number of hydrogen-bond acceptors (Lipinski definition) is 3. The van der Waals surface area contributed by atoms with Crippen LogP contribution in [0.3, 0.4) is 0 Å². The van der Waals surface area contributed by atoms with Crippen molar-refractivity contribution in [1.82, 2.24) is 0 Å². The molecule has 0 radical (unpaired) electrons. The Morgan fingerprint density at radius 1 is 1.82 bits per heavy atom. The standard InChI is InChI=1S/C7H12O3S/c1-2-3-5-4-11-7(10-5)6(8)9/h5,7H,2-4H2,1H3,(H,8,9). The molecule has 0 aromatic heterocycles. The summed E-state index contributed by atoms with van der Waals surface area (Å²) in [6.45, 7) is 2.07. The van der Waals surface area contributed by atoms with Gasteiger partial charge in [0.05, 0.1) is 6.10 Å². The summed E-state index contributed by atoms with van der Waals surface area (Å²) in [6.07, 6.45) is 2.18. The molecule has 0 aromatic carbocycles. The van der Waals surface area contributed by atoms with E-state index in [1.807, 2.05) is 0 Å². The van der Waals surface area contributed by atoms with E-state index in [1.165, 1.54) is 11.8 Å². The van der Waals surface area contributed by atoms with Crippen LogP contribution in [0.5, 0.6) is 0 Å². The average Bonchev–Trinajstić information content (AvgIpc) is 2.37. The number of hydrogen-bond donors (Lipinski definition) is 1. The van der Waals surface area contributed by atoms with E-state index in [0.717, 1.165) is 18.6 Å². The lowest BCUT2D eigenvalue weighted by atomic mass is 10.2. The van der Waals surface area contributed by atoms with Gasteiger partial charge in [0.15, 0.2) is 0 Å². The molecule has 1 N–H and O–H groups in total. The van der Waals surface area contributed by atoms with Gasteiger partial charge in [-0.2, -0.15) is 0 Å². The SMILES string of the molecule is CCCC1CSC(C(=O)O)O1. The van der Waals surface area contributed by atoms with E-state index in [-0.39, 0.29) is 6.10 Å². The minimum Gasteiger partial charge on any atom is -0.479 e. The first-order valence-corrected chi connectivity index (χ1v) is 4.78. The van der Waals surface area contributed by atoms with Gasteiger partial charge in [0, 0.05) is 5.75 Å². The molecule has 11 heavy (non-hydrogen) atoms. The van der Waals surface area contributed by atoms with Gasteiger partial charge in [-0.25, -0.2) is 4.79 Å². The predicted octanol–water partition coefficient (Wildman–Crippen LogP) is 1.33. The Hall–Kier alpha value is -0.220. The molecule has 0 amide bonds. The van der Waals surface area contributed by atoms with Crippen LogP contribution in [-0.4, -0.2) is 28.4 Å². The highest BCUT2D eigenvalue weighted by Gasteiger charge is 2.30. The molecule has 4 heteroatoms. The van der Waals surface area contributed by atoms with Gasteiger partial charge in [-0.05, 0) is 6.42 Å². The summed E-state index contributed by atoms with van der Waals surface area (Å²) in [5.41, 5.74) is -0.619. The Balaban J connectivity index is 2.29. The molecule has 0 spiro atoms. The fraction of sp³-hybridized carbons (Fsp3) is 0.857. The topological polar surface area (TPSA) is 46.5 Å². The number of carbonyl (C=O) groups is 1. The molecule has 3 nitrogen and oxygen atoms in total. The molecule has 1 fully saturated rings. The zero-order valence-electron chi connectivity index (χ0n) is 6.45. The summed E-state index contributed by atoms with van der Waals surface area (Å²) >= 11 is 1.38. The van der Waals surface area contributed by atoms with Gasteiger partial charge in [0.1, 0.15) is 0 Å². The number of rotatable bonds is 3. The summed E-state index contributed by atoms with van der Waals surface area (Å²) in [5.74, 6) is -0.0289. The van der Waals surface area contributed by atoms with Gasteiger partial charge in [0.2, 0.25) is 5.44 Å². The van der Waals surface area contributed by atoms with E-state index in [9.17, 15) is 4.79 Å². The third-order valence-electron chi connectivity index (χ3n) is 1.56. The summed E-state index contributed by atoms with van der Waals surface area (Å²) in [6, 6.07) is 0. The molecule has 1 heterocycles. The second-order valence-electron chi connectivity index (χ2n) is 2.55. The molecule has 0 aromatic rings. The minimum absolute atomic E-state index is 0.158. The molecule has 1 saturated heterocycles. The maximum absolute atomic E-state index is 10.4. The third kappa shape index (κ3) is 2.38. The third-order valence-corrected chi connectivity index (χ3v) is 2.74. The van der Waals surface area contributed by atoms with Crippen LogP contribution >= 0.6 is 11.8 Å². The van der Waals surface area contributed by atoms with Crippen molar-refractivity contribution >= 4 is 17.7 Å². The fourth-order valence-corrected chi connectivity index (χ4v) is 2.06. The van der Waals surface area contributed by atoms with Gasteiger partial charge in [-0.1, -0.05) is 13.3 Å². The summed E-state index contributed by atoms with van der Waals surface area (Å²) < 4.78 is 5.23. The summed E-state index contributed by atoms with van der Waals surface area (Å²) in [7, 11) is 0. The van der Waals surface area contributed by atoms with Crippen molar-refractivity contribution < 1.29 is 14.6 Å². The smallest absolute Gasteiger partial charge is 0.343 e. The summed E-state index contributed by atoms with van der Waals surface area (Å²) in [5, 5.41) is 8.55. The largest absolute Gasteiger partial charge is 0.479 e. The fourth-order valence-electron chi connectivity index (χ4n) is 1.05. The molecule has 2 unspecified atom stereocenters. The van der Waals surface area contributed by atoms with Gasteiger partial charge in [-0.3, -0.25) is 0 Å². The number of thioether (sulfide) groups is 1. The number of carboxylic acids is 1. The lowest BCUT2D eigenvalue weighted by molar-refractivity contribution is -0.145. The van der Waals surface area contributed by atoms with Crippen molar-refractivity contribution in [3.8, 4) is 0 Å². The van der Waals surface area contributed by atoms with E-state index in [0.29, 0.717) is 0 Å². The van der Waals surface area contributed by atoms with Crippen molar-refractivity contribution in [2.45, 2.75) is 31.3 Å². The summed E-state index contributed by atoms with van der Waals surface area (Å²) in [4.78, 5) is 10.4. The Kier molecular flexibility index (Phi) is 3.20. The Morgan fingerprint density at radius 3 is 3.00 bits per heavy atom. The molecule has 0 saturated carbocycles. The number of ether oxygens (including phenoxy) is 1. The Morgan fingerprint density at radius 2 is 2.55 bits per heavy atom. The average molecular weight is 176 g/mol. The van der Waals surface area contributed by atoms with Crippen molar-refractivity contribution in [3.05, 3.63) is 0 Å². The number of carboxylic acid groups (broad SMARTS) is 1. The Labute approximate surface area is 70.1 Å². The van der Waals surface area contributed by atoms with E-state index in [2.05, 4.69) is 6.92 Å². The first-order chi connectivity index (χ1) is 5.24. The molecule has 1 aliphatic heterocycles. The molecule has 1 aliphatic rings. The van der Waals surface area contributed by atoms with Gasteiger partial charge in [-0.15, -0.1) is 11.8 Å². The van der Waals surface area contributed by atoms with Crippen molar-refractivity contribution in [2.24, 2.45) is 0 Å². The van der Waals surface area contributed by atoms with Crippen LogP contribution in [-0.2, 0) is 9.53 Å². The highest BCUT2D eigenvalue weighted by Crippen LogP contribution is 2.27. The van der Waals surface area contributed by atoms with Crippen LogP contribution in [0.2, 0.25) is 0 Å². The van der Waals surface area contributed by atoms with Crippen LogP contribution in [0.4, 0.5) is 0 Å². The molecule has 64 valence electrons.